The van der Waals surface area contributed by atoms with Gasteiger partial charge < -0.3 is 4.74 Å². The van der Waals surface area contributed by atoms with Gasteiger partial charge >= 0.3 is 0 Å². The number of nitrogens with one attached hydrogen (secondary N) is 1. The highest BCUT2D eigenvalue weighted by Crippen LogP contribution is 2.25. The van der Waals surface area contributed by atoms with Gasteiger partial charge in [-0.25, -0.2) is 9.82 Å². The number of ether oxygens (including phenoxy) is 1. The molecule has 0 spiro atoms. The summed E-state index contributed by atoms with van der Waals surface area (Å²) in [5, 5.41) is 0. The quantitative estimate of drug-likeness (QED) is 0.656. The third-order valence-electron chi connectivity index (χ3n) is 3.14. The Morgan fingerprint density at radius 3 is 2.57 bits per heavy atom. The van der Waals surface area contributed by atoms with Crippen LogP contribution in [0.2, 0.25) is 0 Å². The van der Waals surface area contributed by atoms with Crippen molar-refractivity contribution in [1.82, 2.24) is 10.4 Å². The van der Waals surface area contributed by atoms with Gasteiger partial charge in [0.2, 0.25) is 0 Å². The number of aromatic nitrogens is 1. The molecular weight excluding hydrogens is 269 g/mol. The second kappa shape index (κ2) is 6.65. The van der Waals surface area contributed by atoms with E-state index in [9.17, 15) is 4.39 Å². The second-order valence-corrected chi connectivity index (χ2v) is 5.23. The number of hydrazine groups is 1. The first-order valence-corrected chi connectivity index (χ1v) is 6.85. The molecule has 2 aromatic rings. The monoisotopic (exact) mass is 289 g/mol. The molecule has 112 valence electrons. The van der Waals surface area contributed by atoms with Crippen molar-refractivity contribution < 1.29 is 9.13 Å². The maximum Gasteiger partial charge on any atom is 0.138 e. The van der Waals surface area contributed by atoms with Gasteiger partial charge in [-0.15, -0.1) is 0 Å². The van der Waals surface area contributed by atoms with E-state index < -0.39 is 0 Å². The van der Waals surface area contributed by atoms with E-state index in [4.69, 9.17) is 10.6 Å². The Morgan fingerprint density at radius 2 is 1.95 bits per heavy atom. The fourth-order valence-electron chi connectivity index (χ4n) is 2.10. The third kappa shape index (κ3) is 3.77. The number of nitrogens with two attached hydrogens (primary N) is 1. The third-order valence-corrected chi connectivity index (χ3v) is 3.14. The van der Waals surface area contributed by atoms with Crippen molar-refractivity contribution in [2.45, 2.75) is 32.9 Å². The summed E-state index contributed by atoms with van der Waals surface area (Å²) in [4.78, 5) is 4.16. The van der Waals surface area contributed by atoms with Crippen molar-refractivity contribution in [2.24, 2.45) is 5.84 Å². The molecule has 1 aromatic carbocycles. The average Bonchev–Trinajstić information content (AvgIpc) is 2.43. The van der Waals surface area contributed by atoms with Crippen molar-refractivity contribution in [2.75, 3.05) is 0 Å². The van der Waals surface area contributed by atoms with Crippen molar-refractivity contribution in [1.29, 1.82) is 0 Å². The maximum atomic E-state index is 13.7. The molecule has 1 atom stereocenters. The summed E-state index contributed by atoms with van der Waals surface area (Å²) < 4.78 is 19.4. The minimum absolute atomic E-state index is 0.0585. The van der Waals surface area contributed by atoms with Crippen molar-refractivity contribution in [3.8, 4) is 5.75 Å². The molecule has 21 heavy (non-hydrogen) atoms. The molecule has 2 rings (SSSR count). The molecule has 0 saturated carbocycles. The number of aryl methyl sites for hydroxylation is 1. The first-order chi connectivity index (χ1) is 10.0. The summed E-state index contributed by atoms with van der Waals surface area (Å²) in [7, 11) is 0. The number of hydrogen-bond acceptors (Lipinski definition) is 4. The fraction of sp³-hybridized carbons (Fsp3) is 0.312. The maximum absolute atomic E-state index is 13.7. The summed E-state index contributed by atoms with van der Waals surface area (Å²) in [5.74, 6) is 6.04. The molecular formula is C16H20FN3O. The highest BCUT2D eigenvalue weighted by Gasteiger charge is 2.15. The molecule has 1 heterocycles. The van der Waals surface area contributed by atoms with Crippen LogP contribution >= 0.6 is 0 Å². The Labute approximate surface area is 124 Å². The lowest BCUT2D eigenvalue weighted by Crippen LogP contribution is -2.29. The predicted molar refractivity (Wildman–Crippen MR) is 80.3 cm³/mol. The molecule has 3 N–H and O–H groups in total. The van der Waals surface area contributed by atoms with Gasteiger partial charge in [0.05, 0.1) is 18.3 Å². The smallest absolute Gasteiger partial charge is 0.138 e. The van der Waals surface area contributed by atoms with E-state index >= 15 is 0 Å². The summed E-state index contributed by atoms with van der Waals surface area (Å²) in [6.45, 7) is 5.62. The molecule has 0 aliphatic heterocycles. The SMILES string of the molecule is Cc1ccc(C(NN)c2cncc(OC(C)C)c2)cc1F. The number of rotatable bonds is 5. The number of nitrogens with zero attached hydrogens (tertiary/aromatic N) is 1. The average molecular weight is 289 g/mol. The van der Waals surface area contributed by atoms with Gasteiger partial charge in [0.25, 0.3) is 0 Å². The van der Waals surface area contributed by atoms with E-state index in [1.165, 1.54) is 6.07 Å². The highest BCUT2D eigenvalue weighted by atomic mass is 19.1. The van der Waals surface area contributed by atoms with Gasteiger partial charge in [0.1, 0.15) is 11.6 Å². The van der Waals surface area contributed by atoms with Crippen LogP contribution in [-0.2, 0) is 0 Å². The summed E-state index contributed by atoms with van der Waals surface area (Å²) >= 11 is 0. The minimum atomic E-state index is -0.344. The number of benzene rings is 1. The van der Waals surface area contributed by atoms with E-state index in [-0.39, 0.29) is 18.0 Å². The lowest BCUT2D eigenvalue weighted by atomic mass is 9.99. The summed E-state index contributed by atoms with van der Waals surface area (Å²) in [5.41, 5.74) is 4.86. The highest BCUT2D eigenvalue weighted by molar-refractivity contribution is 5.35. The van der Waals surface area contributed by atoms with Crippen LogP contribution < -0.4 is 16.0 Å². The Kier molecular flexibility index (Phi) is 4.88. The predicted octanol–water partition coefficient (Wildman–Crippen LogP) is 2.87. The van der Waals surface area contributed by atoms with Crippen LogP contribution in [0.1, 0.15) is 36.6 Å². The van der Waals surface area contributed by atoms with Crippen LogP contribution in [0, 0.1) is 12.7 Å². The van der Waals surface area contributed by atoms with E-state index in [0.29, 0.717) is 11.3 Å². The molecule has 0 saturated heterocycles. The molecule has 0 radical (unpaired) electrons. The molecule has 1 aromatic heterocycles. The first kappa shape index (κ1) is 15.4. The topological polar surface area (TPSA) is 60.2 Å². The van der Waals surface area contributed by atoms with E-state index in [2.05, 4.69) is 10.4 Å². The van der Waals surface area contributed by atoms with Crippen LogP contribution in [0.3, 0.4) is 0 Å². The van der Waals surface area contributed by atoms with Gasteiger partial charge in [0.15, 0.2) is 0 Å². The molecule has 0 fully saturated rings. The van der Waals surface area contributed by atoms with Crippen LogP contribution in [-0.4, -0.2) is 11.1 Å². The Bertz CT molecular complexity index is 616. The van der Waals surface area contributed by atoms with Gasteiger partial charge in [-0.2, -0.15) is 0 Å². The molecule has 5 heteroatoms. The van der Waals surface area contributed by atoms with Crippen LogP contribution in [0.4, 0.5) is 4.39 Å². The lowest BCUT2D eigenvalue weighted by Gasteiger charge is -2.18. The van der Waals surface area contributed by atoms with Gasteiger partial charge in [-0.05, 0) is 49.6 Å². The van der Waals surface area contributed by atoms with Crippen molar-refractivity contribution >= 4 is 0 Å². The molecule has 1 unspecified atom stereocenters. The molecule has 4 nitrogen and oxygen atoms in total. The minimum Gasteiger partial charge on any atom is -0.489 e. The molecule has 0 aliphatic carbocycles. The number of halogens is 1. The van der Waals surface area contributed by atoms with E-state index in [1.807, 2.05) is 26.0 Å². The van der Waals surface area contributed by atoms with E-state index in [0.717, 1.165) is 11.1 Å². The van der Waals surface area contributed by atoms with Crippen LogP contribution in [0.25, 0.3) is 0 Å². The zero-order valence-corrected chi connectivity index (χ0v) is 12.4. The lowest BCUT2D eigenvalue weighted by molar-refractivity contribution is 0.241. The largest absolute Gasteiger partial charge is 0.489 e. The van der Waals surface area contributed by atoms with Crippen LogP contribution in [0.15, 0.2) is 36.7 Å². The standard InChI is InChI=1S/C16H20FN3O/c1-10(2)21-14-6-13(8-19-9-14)16(20-18)12-5-4-11(3)15(17)7-12/h4-10,16,20H,18H2,1-3H3. The van der Waals surface area contributed by atoms with Gasteiger partial charge in [-0.1, -0.05) is 12.1 Å². The van der Waals surface area contributed by atoms with Gasteiger partial charge in [0, 0.05) is 6.20 Å². The summed E-state index contributed by atoms with van der Waals surface area (Å²) in [6, 6.07) is 6.57. The van der Waals surface area contributed by atoms with Crippen molar-refractivity contribution in [3.63, 3.8) is 0 Å². The second-order valence-electron chi connectivity index (χ2n) is 5.23. The Morgan fingerprint density at radius 1 is 1.19 bits per heavy atom. The van der Waals surface area contributed by atoms with Crippen molar-refractivity contribution in [3.05, 3.63) is 59.2 Å². The zero-order valence-electron chi connectivity index (χ0n) is 12.4. The van der Waals surface area contributed by atoms with Crippen LogP contribution in [0.5, 0.6) is 5.75 Å². The number of hydrogen-bond donors (Lipinski definition) is 2. The van der Waals surface area contributed by atoms with Gasteiger partial charge in [-0.3, -0.25) is 10.8 Å². The Balaban J connectivity index is 2.34. The normalized spacial score (nSPS) is 12.5. The molecule has 0 bridgehead atoms. The summed E-state index contributed by atoms with van der Waals surface area (Å²) in [6.07, 6.45) is 3.39. The Hall–Kier alpha value is -1.98. The zero-order chi connectivity index (χ0) is 15.4. The fourth-order valence-corrected chi connectivity index (χ4v) is 2.10. The number of pyridine rings is 1. The first-order valence-electron chi connectivity index (χ1n) is 6.85. The molecule has 0 aliphatic rings. The van der Waals surface area contributed by atoms with E-state index in [1.54, 1.807) is 25.4 Å². The molecule has 0 amide bonds.